The summed E-state index contributed by atoms with van der Waals surface area (Å²) in [6.45, 7) is 4.40. The molecule has 1 aliphatic heterocycles. The molecule has 5 nitrogen and oxygen atoms in total. The number of aromatic nitrogens is 1. The van der Waals surface area contributed by atoms with E-state index in [2.05, 4.69) is 17.1 Å². The van der Waals surface area contributed by atoms with Gasteiger partial charge in [0.05, 0.1) is 29.4 Å². The van der Waals surface area contributed by atoms with Gasteiger partial charge in [0.15, 0.2) is 0 Å². The first-order valence-electron chi connectivity index (χ1n) is 9.05. The van der Waals surface area contributed by atoms with Crippen LogP contribution in [0.3, 0.4) is 0 Å². The van der Waals surface area contributed by atoms with Gasteiger partial charge in [0.2, 0.25) is 0 Å². The summed E-state index contributed by atoms with van der Waals surface area (Å²) in [4.78, 5) is 18.3. The maximum Gasteiger partial charge on any atom is 0.259 e. The zero-order chi connectivity index (χ0) is 19.8. The van der Waals surface area contributed by atoms with Crippen LogP contribution >= 0.6 is 0 Å². The molecule has 0 fully saturated rings. The van der Waals surface area contributed by atoms with Crippen molar-refractivity contribution in [1.29, 1.82) is 5.26 Å². The molecule has 138 valence electrons. The minimum absolute atomic E-state index is 0.0744. The van der Waals surface area contributed by atoms with Crippen molar-refractivity contribution >= 4 is 28.9 Å². The number of carbonyl (C=O) groups excluding carboxylic acids is 1. The van der Waals surface area contributed by atoms with Crippen LogP contribution in [-0.2, 0) is 11.3 Å². The number of nitriles is 1. The van der Waals surface area contributed by atoms with Crippen LogP contribution in [0.25, 0.3) is 11.6 Å². The van der Waals surface area contributed by atoms with Crippen LogP contribution in [0.15, 0.2) is 48.5 Å². The maximum absolute atomic E-state index is 13.3. The van der Waals surface area contributed by atoms with E-state index >= 15 is 0 Å². The van der Waals surface area contributed by atoms with Crippen molar-refractivity contribution in [2.45, 2.75) is 20.4 Å². The van der Waals surface area contributed by atoms with E-state index in [-0.39, 0.29) is 5.91 Å². The van der Waals surface area contributed by atoms with Crippen LogP contribution in [-0.4, -0.2) is 10.9 Å². The number of hydrogen-bond donors (Lipinski definition) is 2. The van der Waals surface area contributed by atoms with E-state index in [0.29, 0.717) is 23.4 Å². The van der Waals surface area contributed by atoms with Gasteiger partial charge in [-0.3, -0.25) is 4.79 Å². The number of nitrogens with one attached hydrogen (secondary N) is 1. The first kappa shape index (κ1) is 17.6. The minimum atomic E-state index is -0.0744. The number of carbonyl (C=O) groups is 1. The second kappa shape index (κ2) is 6.75. The number of H-pyrrole nitrogens is 1. The van der Waals surface area contributed by atoms with Gasteiger partial charge in [-0.15, -0.1) is 0 Å². The Bertz CT molecular complexity index is 1160. The number of rotatable bonds is 3. The lowest BCUT2D eigenvalue weighted by molar-refractivity contribution is -0.113. The maximum atomic E-state index is 13.3. The third-order valence-electron chi connectivity index (χ3n) is 4.95. The second-order valence-corrected chi connectivity index (χ2v) is 7.09. The number of hydrogen-bond acceptors (Lipinski definition) is 3. The van der Waals surface area contributed by atoms with Gasteiger partial charge in [-0.25, -0.2) is 0 Å². The Hall–Kier alpha value is -3.78. The summed E-state index contributed by atoms with van der Waals surface area (Å²) in [5.74, 6) is -0.0744. The van der Waals surface area contributed by atoms with E-state index in [1.165, 1.54) is 0 Å². The molecule has 3 N–H and O–H groups in total. The van der Waals surface area contributed by atoms with Gasteiger partial charge in [0.25, 0.3) is 5.91 Å². The highest BCUT2D eigenvalue weighted by molar-refractivity contribution is 6.35. The summed E-state index contributed by atoms with van der Waals surface area (Å²) in [6, 6.07) is 17.0. The number of aryl methyl sites for hydroxylation is 2. The molecule has 2 aromatic carbocycles. The van der Waals surface area contributed by atoms with Gasteiger partial charge in [0, 0.05) is 22.6 Å². The minimum Gasteiger partial charge on any atom is -0.399 e. The van der Waals surface area contributed by atoms with Gasteiger partial charge >= 0.3 is 0 Å². The summed E-state index contributed by atoms with van der Waals surface area (Å²) in [5, 5.41) is 9.14. The van der Waals surface area contributed by atoms with Gasteiger partial charge in [-0.1, -0.05) is 12.1 Å². The smallest absolute Gasteiger partial charge is 0.259 e. The van der Waals surface area contributed by atoms with Crippen LogP contribution in [0.4, 0.5) is 11.4 Å². The molecular formula is C23H20N4O. The normalized spacial score (nSPS) is 14.4. The molecule has 5 heteroatoms. The molecule has 0 atom stereocenters. The molecule has 1 aliphatic rings. The monoisotopic (exact) mass is 368 g/mol. The molecule has 0 saturated heterocycles. The third kappa shape index (κ3) is 3.06. The first-order valence-corrected chi connectivity index (χ1v) is 9.05. The van der Waals surface area contributed by atoms with Gasteiger partial charge in [-0.05, 0) is 67.4 Å². The summed E-state index contributed by atoms with van der Waals surface area (Å²) in [6.07, 6.45) is 1.90. The summed E-state index contributed by atoms with van der Waals surface area (Å²) >= 11 is 0. The number of anilines is 2. The Morgan fingerprint density at radius 1 is 1.18 bits per heavy atom. The molecule has 4 rings (SSSR count). The van der Waals surface area contributed by atoms with Crippen LogP contribution in [0.5, 0.6) is 0 Å². The standard InChI is InChI=1S/C23H20N4O/c1-14-8-15(2)26-21(14)11-20-19-10-18(25)6-7-22(19)27(23(20)28)13-17-5-3-4-16(9-17)12-24/h3-11,26H,13,25H2,1-2H3. The molecule has 0 radical (unpaired) electrons. The molecule has 1 aromatic heterocycles. The number of fused-ring (bicyclic) bond motifs is 1. The lowest BCUT2D eigenvalue weighted by Crippen LogP contribution is -2.25. The lowest BCUT2D eigenvalue weighted by atomic mass is 10.0. The Kier molecular flexibility index (Phi) is 4.25. The molecule has 2 heterocycles. The number of nitrogens with zero attached hydrogens (tertiary/aromatic N) is 2. The molecule has 0 saturated carbocycles. The molecule has 0 aliphatic carbocycles. The zero-order valence-electron chi connectivity index (χ0n) is 15.8. The largest absolute Gasteiger partial charge is 0.399 e. The van der Waals surface area contributed by atoms with Crippen LogP contribution in [0.1, 0.15) is 33.6 Å². The van der Waals surface area contributed by atoms with Crippen molar-refractivity contribution in [2.24, 2.45) is 0 Å². The summed E-state index contributed by atoms with van der Waals surface area (Å²) < 4.78 is 0. The molecular weight excluding hydrogens is 348 g/mol. The Morgan fingerprint density at radius 3 is 2.71 bits per heavy atom. The van der Waals surface area contributed by atoms with Crippen molar-refractivity contribution in [3.63, 3.8) is 0 Å². The van der Waals surface area contributed by atoms with Gasteiger partial charge in [0.1, 0.15) is 0 Å². The Labute approximate surface area is 163 Å². The highest BCUT2D eigenvalue weighted by Crippen LogP contribution is 2.40. The fourth-order valence-corrected chi connectivity index (χ4v) is 3.64. The quantitative estimate of drug-likeness (QED) is 0.537. The number of aromatic amines is 1. The van der Waals surface area contributed by atoms with Crippen LogP contribution < -0.4 is 10.6 Å². The SMILES string of the molecule is Cc1cc(C)c(C=C2C(=O)N(Cc3cccc(C#N)c3)c3ccc(N)cc32)[nH]1. The Balaban J connectivity index is 1.79. The fourth-order valence-electron chi connectivity index (χ4n) is 3.64. The number of nitrogens with two attached hydrogens (primary N) is 1. The zero-order valence-corrected chi connectivity index (χ0v) is 15.8. The van der Waals surface area contributed by atoms with Crippen LogP contribution in [0, 0.1) is 25.2 Å². The average molecular weight is 368 g/mol. The second-order valence-electron chi connectivity index (χ2n) is 7.09. The first-order chi connectivity index (χ1) is 13.5. The highest BCUT2D eigenvalue weighted by atomic mass is 16.2. The van der Waals surface area contributed by atoms with E-state index in [9.17, 15) is 4.79 Å². The lowest BCUT2D eigenvalue weighted by Gasteiger charge is -2.17. The molecule has 3 aromatic rings. The molecule has 28 heavy (non-hydrogen) atoms. The average Bonchev–Trinajstić information content (AvgIpc) is 3.12. The highest BCUT2D eigenvalue weighted by Gasteiger charge is 2.32. The van der Waals surface area contributed by atoms with Crippen molar-refractivity contribution in [1.82, 2.24) is 4.98 Å². The molecule has 0 bridgehead atoms. The number of nitrogen functional groups attached to an aromatic ring is 1. The van der Waals surface area contributed by atoms with Crippen molar-refractivity contribution in [3.8, 4) is 6.07 Å². The van der Waals surface area contributed by atoms with Crippen molar-refractivity contribution < 1.29 is 4.79 Å². The number of amides is 1. The molecule has 0 unspecified atom stereocenters. The van der Waals surface area contributed by atoms with Gasteiger partial charge < -0.3 is 15.6 Å². The fraction of sp³-hybridized carbons (Fsp3) is 0.130. The van der Waals surface area contributed by atoms with E-state index in [4.69, 9.17) is 11.0 Å². The van der Waals surface area contributed by atoms with E-state index in [1.807, 2.05) is 50.3 Å². The van der Waals surface area contributed by atoms with Gasteiger partial charge in [-0.2, -0.15) is 5.26 Å². The van der Waals surface area contributed by atoms with Crippen molar-refractivity contribution in [2.75, 3.05) is 10.6 Å². The van der Waals surface area contributed by atoms with E-state index in [1.54, 1.807) is 17.0 Å². The number of benzene rings is 2. The molecule has 0 spiro atoms. The molecule has 1 amide bonds. The van der Waals surface area contributed by atoms with Crippen molar-refractivity contribution in [3.05, 3.63) is 82.2 Å². The van der Waals surface area contributed by atoms with Crippen LogP contribution in [0.2, 0.25) is 0 Å². The third-order valence-corrected chi connectivity index (χ3v) is 4.95. The predicted octanol–water partition coefficient (Wildman–Crippen LogP) is 4.17. The topological polar surface area (TPSA) is 85.9 Å². The van der Waals surface area contributed by atoms with E-state index in [0.717, 1.165) is 33.8 Å². The Morgan fingerprint density at radius 2 is 2.00 bits per heavy atom. The summed E-state index contributed by atoms with van der Waals surface area (Å²) in [7, 11) is 0. The predicted molar refractivity (Wildman–Crippen MR) is 111 cm³/mol. The van der Waals surface area contributed by atoms with E-state index < -0.39 is 0 Å². The summed E-state index contributed by atoms with van der Waals surface area (Å²) in [5.41, 5.74) is 13.4.